The number of amides is 1. The maximum absolute atomic E-state index is 13.4. The summed E-state index contributed by atoms with van der Waals surface area (Å²) < 4.78 is 6.97. The quantitative estimate of drug-likeness (QED) is 0.195. The van der Waals surface area contributed by atoms with Gasteiger partial charge in [0, 0.05) is 13.0 Å². The summed E-state index contributed by atoms with van der Waals surface area (Å²) in [5, 5.41) is 10.9. The molecule has 4 aromatic carbocycles. The highest BCUT2D eigenvalue weighted by Gasteiger charge is 2.38. The molecule has 4 nitrogen and oxygen atoms in total. The normalized spacial score (nSPS) is 14.6. The van der Waals surface area contributed by atoms with E-state index in [9.17, 15) is 9.90 Å². The Hall–Kier alpha value is -3.73. The van der Waals surface area contributed by atoms with E-state index in [0.29, 0.717) is 13.0 Å². The average molecular weight is 536 g/mol. The fourth-order valence-electron chi connectivity index (χ4n) is 5.50. The van der Waals surface area contributed by atoms with Gasteiger partial charge in [-0.15, -0.1) is 0 Å². The van der Waals surface area contributed by atoms with Crippen molar-refractivity contribution in [3.8, 4) is 0 Å². The Morgan fingerprint density at radius 3 is 1.55 bits per heavy atom. The highest BCUT2D eigenvalue weighted by atomic mass is 16.5. The lowest BCUT2D eigenvalue weighted by Crippen LogP contribution is -2.42. The number of rotatable bonds is 12. The Kier molecular flexibility index (Phi) is 9.92. The van der Waals surface area contributed by atoms with Crippen LogP contribution in [0.3, 0.4) is 0 Å². The van der Waals surface area contributed by atoms with E-state index < -0.39 is 11.7 Å². The Bertz CT molecular complexity index is 1210. The molecule has 0 spiro atoms. The number of ether oxygens (including phenoxy) is 1. The number of likely N-dealkylation sites (N-methyl/N-ethyl adjacent to an activating group) is 1. The van der Waals surface area contributed by atoms with Gasteiger partial charge in [-0.05, 0) is 41.5 Å². The Balaban J connectivity index is 1.51. The summed E-state index contributed by atoms with van der Waals surface area (Å²) in [5.41, 5.74) is 3.21. The first-order valence-corrected chi connectivity index (χ1v) is 14.1. The van der Waals surface area contributed by atoms with Crippen LogP contribution in [0.2, 0.25) is 0 Å². The SMILES string of the molecule is C[C@@H](COC(c1ccccc1)(c1ccccc1)c1ccccc1)C[C@@H](C)C(=O)N(C)[C@@H](C)[C@@H](O)c1ccccc1. The van der Waals surface area contributed by atoms with Crippen LogP contribution in [0.15, 0.2) is 121 Å². The minimum absolute atomic E-state index is 0.0229. The highest BCUT2D eigenvalue weighted by Crippen LogP contribution is 2.41. The Morgan fingerprint density at radius 1 is 0.725 bits per heavy atom. The summed E-state index contributed by atoms with van der Waals surface area (Å²) in [7, 11) is 1.78. The van der Waals surface area contributed by atoms with Gasteiger partial charge in [0.15, 0.2) is 0 Å². The smallest absolute Gasteiger partial charge is 0.225 e. The van der Waals surface area contributed by atoms with E-state index in [1.54, 1.807) is 11.9 Å². The lowest BCUT2D eigenvalue weighted by molar-refractivity contribution is -0.138. The molecule has 1 N–H and O–H groups in total. The van der Waals surface area contributed by atoms with Gasteiger partial charge in [-0.3, -0.25) is 4.79 Å². The number of carbonyl (C=O) groups is 1. The summed E-state index contributed by atoms with van der Waals surface area (Å²) in [6.07, 6.45) is -0.0717. The number of aliphatic hydroxyl groups is 1. The maximum atomic E-state index is 13.4. The predicted octanol–water partition coefficient (Wildman–Crippen LogP) is 7.24. The summed E-state index contributed by atoms with van der Waals surface area (Å²) in [4.78, 5) is 15.1. The van der Waals surface area contributed by atoms with Crippen LogP contribution in [0, 0.1) is 11.8 Å². The molecule has 4 rings (SSSR count). The van der Waals surface area contributed by atoms with E-state index in [0.717, 1.165) is 22.3 Å². The maximum Gasteiger partial charge on any atom is 0.225 e. The molecule has 0 aliphatic heterocycles. The van der Waals surface area contributed by atoms with Crippen LogP contribution >= 0.6 is 0 Å². The second kappa shape index (κ2) is 13.6. The first-order valence-electron chi connectivity index (χ1n) is 14.1. The summed E-state index contributed by atoms with van der Waals surface area (Å²) in [6.45, 7) is 6.47. The van der Waals surface area contributed by atoms with E-state index in [1.165, 1.54) is 0 Å². The van der Waals surface area contributed by atoms with E-state index in [1.807, 2.05) is 98.8 Å². The molecule has 1 amide bonds. The van der Waals surface area contributed by atoms with Gasteiger partial charge in [-0.2, -0.15) is 0 Å². The topological polar surface area (TPSA) is 49.8 Å². The van der Waals surface area contributed by atoms with Gasteiger partial charge in [-0.1, -0.05) is 135 Å². The third kappa shape index (κ3) is 6.52. The van der Waals surface area contributed by atoms with Crippen LogP contribution in [0.25, 0.3) is 0 Å². The van der Waals surface area contributed by atoms with Gasteiger partial charge in [0.05, 0.1) is 18.8 Å². The lowest BCUT2D eigenvalue weighted by atomic mass is 9.80. The van der Waals surface area contributed by atoms with Crippen molar-refractivity contribution in [1.29, 1.82) is 0 Å². The zero-order chi connectivity index (χ0) is 28.5. The third-order valence-electron chi connectivity index (χ3n) is 7.86. The molecule has 0 unspecified atom stereocenters. The van der Waals surface area contributed by atoms with Crippen LogP contribution in [0.5, 0.6) is 0 Å². The molecular formula is C36H41NO3. The number of aliphatic hydroxyl groups excluding tert-OH is 1. The molecule has 0 fully saturated rings. The summed E-state index contributed by atoms with van der Waals surface area (Å²) >= 11 is 0. The molecule has 208 valence electrons. The lowest BCUT2D eigenvalue weighted by Gasteiger charge is -2.37. The van der Waals surface area contributed by atoms with E-state index in [4.69, 9.17) is 4.74 Å². The second-order valence-electron chi connectivity index (χ2n) is 10.9. The molecule has 0 heterocycles. The molecule has 0 aliphatic rings. The minimum Gasteiger partial charge on any atom is -0.386 e. The standard InChI is InChI=1S/C36H41NO3/c1-27(25-28(2)35(39)37(4)29(3)34(38)30-17-9-5-10-18-30)26-40-36(31-19-11-6-12-20-31,32-21-13-7-14-22-32)33-23-15-8-16-24-33/h5-24,27-29,34,38H,25-26H2,1-4H3/t27-,28-,29+,34-/m1/s1. The van der Waals surface area contributed by atoms with Crippen LogP contribution in [0.1, 0.15) is 55.5 Å². The van der Waals surface area contributed by atoms with E-state index >= 15 is 0 Å². The van der Waals surface area contributed by atoms with E-state index in [-0.39, 0.29) is 23.8 Å². The third-order valence-corrected chi connectivity index (χ3v) is 7.86. The van der Waals surface area contributed by atoms with Crippen molar-refractivity contribution >= 4 is 5.91 Å². The Labute approximate surface area is 239 Å². The van der Waals surface area contributed by atoms with Crippen molar-refractivity contribution < 1.29 is 14.6 Å². The molecule has 0 radical (unpaired) electrons. The van der Waals surface area contributed by atoms with Crippen LogP contribution < -0.4 is 0 Å². The van der Waals surface area contributed by atoms with Gasteiger partial charge in [0.2, 0.25) is 5.91 Å². The van der Waals surface area contributed by atoms with Crippen molar-refractivity contribution in [3.05, 3.63) is 144 Å². The first kappa shape index (κ1) is 29.3. The number of hydrogen-bond acceptors (Lipinski definition) is 3. The molecule has 4 aromatic rings. The molecule has 40 heavy (non-hydrogen) atoms. The van der Waals surface area contributed by atoms with Gasteiger partial charge in [0.25, 0.3) is 0 Å². The molecule has 0 bridgehead atoms. The zero-order valence-electron chi connectivity index (χ0n) is 24.0. The molecule has 0 saturated carbocycles. The Morgan fingerprint density at radius 2 is 1.12 bits per heavy atom. The molecule has 0 aliphatic carbocycles. The first-order chi connectivity index (χ1) is 19.3. The molecule has 4 heteroatoms. The fraction of sp³-hybridized carbons (Fsp3) is 0.306. The fourth-order valence-corrected chi connectivity index (χ4v) is 5.50. The van der Waals surface area contributed by atoms with Gasteiger partial charge in [0.1, 0.15) is 5.60 Å². The molecular weight excluding hydrogens is 494 g/mol. The molecule has 4 atom stereocenters. The highest BCUT2D eigenvalue weighted by molar-refractivity contribution is 5.78. The average Bonchev–Trinajstić information content (AvgIpc) is 3.02. The second-order valence-corrected chi connectivity index (χ2v) is 10.9. The number of nitrogens with zero attached hydrogens (tertiary/aromatic N) is 1. The van der Waals surface area contributed by atoms with Crippen LogP contribution in [-0.2, 0) is 15.1 Å². The molecule has 0 aromatic heterocycles. The van der Waals surface area contributed by atoms with Gasteiger partial charge < -0.3 is 14.7 Å². The van der Waals surface area contributed by atoms with Crippen molar-refractivity contribution in [2.45, 2.75) is 44.9 Å². The molecule has 0 saturated heterocycles. The predicted molar refractivity (Wildman–Crippen MR) is 162 cm³/mol. The van der Waals surface area contributed by atoms with Crippen molar-refractivity contribution in [1.82, 2.24) is 4.90 Å². The number of carbonyl (C=O) groups excluding carboxylic acids is 1. The minimum atomic E-state index is -0.781. The van der Waals surface area contributed by atoms with E-state index in [2.05, 4.69) is 43.3 Å². The zero-order valence-corrected chi connectivity index (χ0v) is 24.0. The van der Waals surface area contributed by atoms with Gasteiger partial charge >= 0.3 is 0 Å². The number of benzene rings is 4. The van der Waals surface area contributed by atoms with Crippen molar-refractivity contribution in [3.63, 3.8) is 0 Å². The largest absolute Gasteiger partial charge is 0.386 e. The monoisotopic (exact) mass is 535 g/mol. The summed E-state index contributed by atoms with van der Waals surface area (Å²) in [5.74, 6) is -0.0689. The van der Waals surface area contributed by atoms with Gasteiger partial charge in [-0.25, -0.2) is 0 Å². The number of hydrogen-bond donors (Lipinski definition) is 1. The van der Waals surface area contributed by atoms with Crippen molar-refractivity contribution in [2.75, 3.05) is 13.7 Å². The van der Waals surface area contributed by atoms with Crippen LogP contribution in [0.4, 0.5) is 0 Å². The summed E-state index contributed by atoms with van der Waals surface area (Å²) in [6, 6.07) is 40.2. The van der Waals surface area contributed by atoms with Crippen molar-refractivity contribution in [2.24, 2.45) is 11.8 Å². The van der Waals surface area contributed by atoms with Crippen LogP contribution in [-0.4, -0.2) is 35.6 Å².